The lowest BCUT2D eigenvalue weighted by atomic mass is 10.2. The van der Waals surface area contributed by atoms with Crippen LogP contribution in [0, 0.1) is 12.8 Å². The summed E-state index contributed by atoms with van der Waals surface area (Å²) < 4.78 is 5.35. The second-order valence-electron chi connectivity index (χ2n) is 4.03. The number of ether oxygens (including phenoxy) is 1. The summed E-state index contributed by atoms with van der Waals surface area (Å²) in [5.74, 6) is 1.82. The minimum absolute atomic E-state index is 0.704. The zero-order valence-electron chi connectivity index (χ0n) is 9.03. The largest absolute Gasteiger partial charge is 0.398 e. The molecule has 1 atom stereocenters. The van der Waals surface area contributed by atoms with E-state index >= 15 is 0 Å². The fourth-order valence-corrected chi connectivity index (χ4v) is 2.87. The summed E-state index contributed by atoms with van der Waals surface area (Å²) in [6.45, 7) is 3.89. The number of hydrogen-bond acceptors (Lipinski definition) is 3. The first-order valence-corrected chi connectivity index (χ1v) is 6.31. The van der Waals surface area contributed by atoms with Crippen LogP contribution in [-0.2, 0) is 4.74 Å². The quantitative estimate of drug-likeness (QED) is 0.632. The van der Waals surface area contributed by atoms with E-state index in [1.165, 1.54) is 16.9 Å². The molecule has 0 radical (unpaired) electrons. The summed E-state index contributed by atoms with van der Waals surface area (Å²) in [5.41, 5.74) is 8.12. The van der Waals surface area contributed by atoms with Crippen LogP contribution in [0.4, 0.5) is 5.69 Å². The summed E-state index contributed by atoms with van der Waals surface area (Å²) in [5, 5.41) is 0. The SMILES string of the molecule is Cc1cccc(SCC2CCOC2)c1N. The molecule has 0 aliphatic carbocycles. The molecular weight excluding hydrogens is 206 g/mol. The lowest BCUT2D eigenvalue weighted by molar-refractivity contribution is 0.189. The van der Waals surface area contributed by atoms with Crippen molar-refractivity contribution >= 4 is 17.4 Å². The highest BCUT2D eigenvalue weighted by atomic mass is 32.2. The van der Waals surface area contributed by atoms with Gasteiger partial charge < -0.3 is 10.5 Å². The first kappa shape index (κ1) is 10.8. The van der Waals surface area contributed by atoms with Crippen molar-refractivity contribution in [1.29, 1.82) is 0 Å². The zero-order valence-corrected chi connectivity index (χ0v) is 9.85. The van der Waals surface area contributed by atoms with E-state index in [0.29, 0.717) is 5.92 Å². The van der Waals surface area contributed by atoms with Crippen LogP contribution in [0.5, 0.6) is 0 Å². The van der Waals surface area contributed by atoms with Gasteiger partial charge in [-0.3, -0.25) is 0 Å². The highest BCUT2D eigenvalue weighted by molar-refractivity contribution is 7.99. The van der Waals surface area contributed by atoms with Gasteiger partial charge in [-0.25, -0.2) is 0 Å². The molecule has 1 aliphatic heterocycles. The van der Waals surface area contributed by atoms with Gasteiger partial charge in [-0.05, 0) is 30.9 Å². The molecule has 1 fully saturated rings. The van der Waals surface area contributed by atoms with Crippen LogP contribution in [0.25, 0.3) is 0 Å². The van der Waals surface area contributed by atoms with Gasteiger partial charge in [-0.2, -0.15) is 0 Å². The normalized spacial score (nSPS) is 20.7. The minimum atomic E-state index is 0.704. The third-order valence-electron chi connectivity index (χ3n) is 2.78. The van der Waals surface area contributed by atoms with Crippen LogP contribution in [0.2, 0.25) is 0 Å². The monoisotopic (exact) mass is 223 g/mol. The number of para-hydroxylation sites is 1. The maximum absolute atomic E-state index is 6.02. The van der Waals surface area contributed by atoms with E-state index in [2.05, 4.69) is 25.1 Å². The summed E-state index contributed by atoms with van der Waals surface area (Å²) in [6, 6.07) is 6.22. The number of nitrogens with two attached hydrogens (primary N) is 1. The van der Waals surface area contributed by atoms with Crippen LogP contribution >= 0.6 is 11.8 Å². The molecule has 1 heterocycles. The molecule has 2 rings (SSSR count). The number of thioether (sulfide) groups is 1. The van der Waals surface area contributed by atoms with E-state index in [0.717, 1.165) is 24.7 Å². The molecule has 15 heavy (non-hydrogen) atoms. The molecule has 1 aromatic rings. The number of anilines is 1. The fourth-order valence-electron chi connectivity index (χ4n) is 1.70. The number of hydrogen-bond donors (Lipinski definition) is 1. The van der Waals surface area contributed by atoms with Crippen LogP contribution in [0.3, 0.4) is 0 Å². The summed E-state index contributed by atoms with van der Waals surface area (Å²) in [6.07, 6.45) is 1.19. The van der Waals surface area contributed by atoms with Crippen molar-refractivity contribution in [3.05, 3.63) is 23.8 Å². The van der Waals surface area contributed by atoms with Gasteiger partial charge in [-0.15, -0.1) is 11.8 Å². The van der Waals surface area contributed by atoms with Gasteiger partial charge in [0, 0.05) is 22.9 Å². The average molecular weight is 223 g/mol. The second-order valence-corrected chi connectivity index (χ2v) is 5.09. The van der Waals surface area contributed by atoms with Gasteiger partial charge in [0.15, 0.2) is 0 Å². The Hall–Kier alpha value is -0.670. The van der Waals surface area contributed by atoms with Crippen molar-refractivity contribution in [2.75, 3.05) is 24.7 Å². The van der Waals surface area contributed by atoms with Crippen LogP contribution in [0.1, 0.15) is 12.0 Å². The topological polar surface area (TPSA) is 35.2 Å². The Bertz CT molecular complexity index is 334. The maximum Gasteiger partial charge on any atom is 0.0503 e. The van der Waals surface area contributed by atoms with Crippen LogP contribution < -0.4 is 5.73 Å². The Labute approximate surface area is 95.2 Å². The molecule has 1 aromatic carbocycles. The highest BCUT2D eigenvalue weighted by Crippen LogP contribution is 2.30. The molecule has 1 saturated heterocycles. The molecule has 2 nitrogen and oxygen atoms in total. The van der Waals surface area contributed by atoms with E-state index in [1.54, 1.807) is 0 Å². The van der Waals surface area contributed by atoms with Crippen molar-refractivity contribution in [2.24, 2.45) is 5.92 Å². The molecular formula is C12H17NOS. The molecule has 3 heteroatoms. The maximum atomic E-state index is 6.02. The number of rotatable bonds is 3. The standard InChI is InChI=1S/C12H17NOS/c1-9-3-2-4-11(12(9)13)15-8-10-5-6-14-7-10/h2-4,10H,5-8,13H2,1H3. The molecule has 0 saturated carbocycles. The Morgan fingerprint density at radius 2 is 2.40 bits per heavy atom. The first-order valence-electron chi connectivity index (χ1n) is 5.33. The van der Waals surface area contributed by atoms with Crippen molar-refractivity contribution < 1.29 is 4.74 Å². The minimum Gasteiger partial charge on any atom is -0.398 e. The van der Waals surface area contributed by atoms with E-state index in [-0.39, 0.29) is 0 Å². The number of aryl methyl sites for hydroxylation is 1. The Morgan fingerprint density at radius 3 is 3.13 bits per heavy atom. The van der Waals surface area contributed by atoms with Gasteiger partial charge in [0.25, 0.3) is 0 Å². The van der Waals surface area contributed by atoms with E-state index in [1.807, 2.05) is 11.8 Å². The van der Waals surface area contributed by atoms with Crippen molar-refractivity contribution in [2.45, 2.75) is 18.2 Å². The Morgan fingerprint density at radius 1 is 1.53 bits per heavy atom. The highest BCUT2D eigenvalue weighted by Gasteiger charge is 2.16. The second kappa shape index (κ2) is 4.90. The van der Waals surface area contributed by atoms with Crippen molar-refractivity contribution in [1.82, 2.24) is 0 Å². The van der Waals surface area contributed by atoms with Crippen molar-refractivity contribution in [3.63, 3.8) is 0 Å². The fraction of sp³-hybridized carbons (Fsp3) is 0.500. The lowest BCUT2D eigenvalue weighted by Gasteiger charge is -2.10. The predicted molar refractivity (Wildman–Crippen MR) is 65.2 cm³/mol. The van der Waals surface area contributed by atoms with Gasteiger partial charge in [0.05, 0.1) is 6.61 Å². The van der Waals surface area contributed by atoms with Crippen LogP contribution in [0.15, 0.2) is 23.1 Å². The van der Waals surface area contributed by atoms with E-state index in [9.17, 15) is 0 Å². The molecule has 0 aromatic heterocycles. The zero-order chi connectivity index (χ0) is 10.7. The Kier molecular flexibility index (Phi) is 3.54. The predicted octanol–water partition coefficient (Wildman–Crippen LogP) is 2.71. The smallest absolute Gasteiger partial charge is 0.0503 e. The summed E-state index contributed by atoms with van der Waals surface area (Å²) >= 11 is 1.85. The van der Waals surface area contributed by atoms with Gasteiger partial charge in [0.2, 0.25) is 0 Å². The molecule has 0 spiro atoms. The molecule has 1 aliphatic rings. The van der Waals surface area contributed by atoms with Crippen LogP contribution in [-0.4, -0.2) is 19.0 Å². The lowest BCUT2D eigenvalue weighted by Crippen LogP contribution is -2.02. The van der Waals surface area contributed by atoms with Gasteiger partial charge in [-0.1, -0.05) is 12.1 Å². The van der Waals surface area contributed by atoms with E-state index < -0.39 is 0 Å². The number of nitrogen functional groups attached to an aromatic ring is 1. The van der Waals surface area contributed by atoms with Crippen molar-refractivity contribution in [3.8, 4) is 0 Å². The summed E-state index contributed by atoms with van der Waals surface area (Å²) in [4.78, 5) is 1.21. The average Bonchev–Trinajstić information content (AvgIpc) is 2.73. The number of benzene rings is 1. The summed E-state index contributed by atoms with van der Waals surface area (Å²) in [7, 11) is 0. The third-order valence-corrected chi connectivity index (χ3v) is 4.09. The van der Waals surface area contributed by atoms with Gasteiger partial charge in [0.1, 0.15) is 0 Å². The molecule has 82 valence electrons. The molecule has 1 unspecified atom stereocenters. The molecule has 0 bridgehead atoms. The van der Waals surface area contributed by atoms with Gasteiger partial charge >= 0.3 is 0 Å². The third kappa shape index (κ3) is 2.67. The first-order chi connectivity index (χ1) is 7.27. The van der Waals surface area contributed by atoms with E-state index in [4.69, 9.17) is 10.5 Å². The Balaban J connectivity index is 1.95. The molecule has 2 N–H and O–H groups in total. The molecule has 0 amide bonds.